The topological polar surface area (TPSA) is 52.7 Å². The lowest BCUT2D eigenvalue weighted by molar-refractivity contribution is -0.132. The van der Waals surface area contributed by atoms with Gasteiger partial charge in [0.1, 0.15) is 0 Å². The summed E-state index contributed by atoms with van der Waals surface area (Å²) < 4.78 is 0. The number of fused-ring (bicyclic) bond motifs is 1. The summed E-state index contributed by atoms with van der Waals surface area (Å²) in [5.41, 5.74) is 0. The second-order valence-corrected chi connectivity index (χ2v) is 8.58. The van der Waals surface area contributed by atoms with Gasteiger partial charge in [-0.1, -0.05) is 32.1 Å². The first kappa shape index (κ1) is 19.5. The Labute approximate surface area is 158 Å². The number of carbonyl (C=O) groups excluding carboxylic acids is 2. The van der Waals surface area contributed by atoms with Gasteiger partial charge in [0, 0.05) is 38.6 Å². The maximum absolute atomic E-state index is 12.6. The number of rotatable bonds is 5. The van der Waals surface area contributed by atoms with Crippen molar-refractivity contribution in [3.63, 3.8) is 0 Å². The van der Waals surface area contributed by atoms with E-state index in [0.29, 0.717) is 31.0 Å². The van der Waals surface area contributed by atoms with Crippen LogP contribution in [-0.4, -0.2) is 54.0 Å². The van der Waals surface area contributed by atoms with Crippen molar-refractivity contribution in [3.05, 3.63) is 0 Å². The molecular formula is C21H37N3O2. The third-order valence-corrected chi connectivity index (χ3v) is 6.86. The molecule has 2 atom stereocenters. The number of piperidine rings is 1. The van der Waals surface area contributed by atoms with Gasteiger partial charge in [-0.05, 0) is 50.9 Å². The van der Waals surface area contributed by atoms with Gasteiger partial charge in [-0.2, -0.15) is 0 Å². The zero-order valence-electron chi connectivity index (χ0n) is 16.5. The van der Waals surface area contributed by atoms with E-state index in [2.05, 4.69) is 10.2 Å². The fourth-order valence-corrected chi connectivity index (χ4v) is 5.26. The first-order valence-electron chi connectivity index (χ1n) is 11.0. The fraction of sp³-hybridized carbons (Fsp3) is 0.905. The molecule has 148 valence electrons. The van der Waals surface area contributed by atoms with Crippen LogP contribution in [0.5, 0.6) is 0 Å². The molecule has 2 unspecified atom stereocenters. The molecule has 1 saturated heterocycles. The zero-order chi connectivity index (χ0) is 18.4. The van der Waals surface area contributed by atoms with E-state index in [9.17, 15) is 9.59 Å². The fourth-order valence-electron chi connectivity index (χ4n) is 5.26. The summed E-state index contributed by atoms with van der Waals surface area (Å²) in [5, 5.41) is 3.08. The van der Waals surface area contributed by atoms with Gasteiger partial charge in [0.2, 0.25) is 5.91 Å². The highest BCUT2D eigenvalue weighted by Gasteiger charge is 2.35. The maximum Gasteiger partial charge on any atom is 0.317 e. The van der Waals surface area contributed by atoms with Gasteiger partial charge in [-0.15, -0.1) is 0 Å². The third kappa shape index (κ3) is 4.92. The molecule has 2 saturated carbocycles. The lowest BCUT2D eigenvalue weighted by Crippen LogP contribution is -2.53. The number of urea groups is 1. The molecule has 0 bridgehead atoms. The van der Waals surface area contributed by atoms with Crippen LogP contribution in [0.15, 0.2) is 0 Å². The van der Waals surface area contributed by atoms with Gasteiger partial charge in [0.05, 0.1) is 0 Å². The summed E-state index contributed by atoms with van der Waals surface area (Å²) in [6, 6.07) is 0.980. The first-order valence-corrected chi connectivity index (χ1v) is 11.0. The van der Waals surface area contributed by atoms with E-state index < -0.39 is 0 Å². The molecule has 3 fully saturated rings. The second-order valence-electron chi connectivity index (χ2n) is 8.58. The maximum atomic E-state index is 12.6. The molecule has 0 aromatic rings. The van der Waals surface area contributed by atoms with Crippen LogP contribution in [0.4, 0.5) is 4.79 Å². The molecule has 3 rings (SSSR count). The Balaban J connectivity index is 1.36. The van der Waals surface area contributed by atoms with E-state index in [4.69, 9.17) is 0 Å². The SMILES string of the molecule is CN(C(=O)CCCNC(=O)N1CCCC2CCCCC21)C1CCCCC1. The van der Waals surface area contributed by atoms with E-state index in [-0.39, 0.29) is 11.9 Å². The number of hydrogen-bond acceptors (Lipinski definition) is 2. The highest BCUT2D eigenvalue weighted by Crippen LogP contribution is 2.35. The molecule has 3 amide bonds. The van der Waals surface area contributed by atoms with Crippen LogP contribution in [0.25, 0.3) is 0 Å². The molecule has 5 nitrogen and oxygen atoms in total. The largest absolute Gasteiger partial charge is 0.343 e. The summed E-state index contributed by atoms with van der Waals surface area (Å²) in [4.78, 5) is 29.0. The molecule has 5 heteroatoms. The monoisotopic (exact) mass is 363 g/mol. The Morgan fingerprint density at radius 3 is 2.46 bits per heavy atom. The molecule has 26 heavy (non-hydrogen) atoms. The van der Waals surface area contributed by atoms with E-state index in [1.54, 1.807) is 0 Å². The van der Waals surface area contributed by atoms with Gasteiger partial charge in [0.15, 0.2) is 0 Å². The van der Waals surface area contributed by atoms with Crippen LogP contribution in [0, 0.1) is 5.92 Å². The number of carbonyl (C=O) groups is 2. The molecular weight excluding hydrogens is 326 g/mol. The average Bonchev–Trinajstić information content (AvgIpc) is 2.70. The molecule has 0 aromatic heterocycles. The molecule has 1 aliphatic heterocycles. The van der Waals surface area contributed by atoms with Crippen molar-refractivity contribution < 1.29 is 9.59 Å². The smallest absolute Gasteiger partial charge is 0.317 e. The van der Waals surface area contributed by atoms with Gasteiger partial charge in [0.25, 0.3) is 0 Å². The van der Waals surface area contributed by atoms with Crippen molar-refractivity contribution in [1.29, 1.82) is 0 Å². The minimum Gasteiger partial charge on any atom is -0.343 e. The molecule has 0 aromatic carbocycles. The molecule has 3 aliphatic rings. The summed E-state index contributed by atoms with van der Waals surface area (Å²) in [6.45, 7) is 1.51. The standard InChI is InChI=1S/C21H37N3O2/c1-23(18-11-3-2-4-12-18)20(25)14-7-15-22-21(26)24-16-8-10-17-9-5-6-13-19(17)24/h17-19H,2-16H2,1H3,(H,22,26). The van der Waals surface area contributed by atoms with Crippen LogP contribution in [0.2, 0.25) is 0 Å². The Morgan fingerprint density at radius 1 is 0.962 bits per heavy atom. The van der Waals surface area contributed by atoms with Crippen molar-refractivity contribution >= 4 is 11.9 Å². The van der Waals surface area contributed by atoms with Crippen LogP contribution >= 0.6 is 0 Å². The number of likely N-dealkylation sites (tertiary alicyclic amines) is 1. The predicted molar refractivity (Wildman–Crippen MR) is 104 cm³/mol. The Kier molecular flexibility index (Phi) is 7.21. The van der Waals surface area contributed by atoms with E-state index in [0.717, 1.165) is 32.2 Å². The van der Waals surface area contributed by atoms with Crippen LogP contribution < -0.4 is 5.32 Å². The van der Waals surface area contributed by atoms with Gasteiger partial charge in [-0.25, -0.2) is 4.79 Å². The number of nitrogens with one attached hydrogen (secondary N) is 1. The lowest BCUT2D eigenvalue weighted by Gasteiger charge is -2.44. The molecule has 1 N–H and O–H groups in total. The van der Waals surface area contributed by atoms with Gasteiger partial charge >= 0.3 is 6.03 Å². The normalized spacial score (nSPS) is 26.9. The van der Waals surface area contributed by atoms with Crippen LogP contribution in [0.1, 0.15) is 83.5 Å². The van der Waals surface area contributed by atoms with Crippen molar-refractivity contribution in [2.45, 2.75) is 95.6 Å². The number of amides is 3. The number of nitrogens with zero attached hydrogens (tertiary/aromatic N) is 2. The van der Waals surface area contributed by atoms with Crippen molar-refractivity contribution in [1.82, 2.24) is 15.1 Å². The molecule has 0 radical (unpaired) electrons. The lowest BCUT2D eigenvalue weighted by atomic mass is 9.78. The Bertz CT molecular complexity index is 474. The predicted octanol–water partition coefficient (Wildman–Crippen LogP) is 3.92. The number of hydrogen-bond donors (Lipinski definition) is 1. The molecule has 0 spiro atoms. The van der Waals surface area contributed by atoms with E-state index in [1.807, 2.05) is 11.9 Å². The van der Waals surface area contributed by atoms with Crippen LogP contribution in [-0.2, 0) is 4.79 Å². The first-order chi connectivity index (χ1) is 12.7. The van der Waals surface area contributed by atoms with E-state index in [1.165, 1.54) is 51.4 Å². The summed E-state index contributed by atoms with van der Waals surface area (Å²) in [7, 11) is 1.95. The minimum absolute atomic E-state index is 0.0923. The molecule has 1 heterocycles. The summed E-state index contributed by atoms with van der Waals surface area (Å²) >= 11 is 0. The van der Waals surface area contributed by atoms with Gasteiger partial charge < -0.3 is 15.1 Å². The highest BCUT2D eigenvalue weighted by atomic mass is 16.2. The Hall–Kier alpha value is -1.26. The van der Waals surface area contributed by atoms with Crippen molar-refractivity contribution in [2.75, 3.05) is 20.1 Å². The molecule has 2 aliphatic carbocycles. The van der Waals surface area contributed by atoms with E-state index >= 15 is 0 Å². The van der Waals surface area contributed by atoms with Crippen molar-refractivity contribution in [2.24, 2.45) is 5.92 Å². The average molecular weight is 364 g/mol. The summed E-state index contributed by atoms with van der Waals surface area (Å²) in [5.74, 6) is 0.949. The quantitative estimate of drug-likeness (QED) is 0.753. The summed E-state index contributed by atoms with van der Waals surface area (Å²) in [6.07, 6.45) is 14.8. The van der Waals surface area contributed by atoms with Gasteiger partial charge in [-0.3, -0.25) is 4.79 Å². The van der Waals surface area contributed by atoms with Crippen molar-refractivity contribution in [3.8, 4) is 0 Å². The van der Waals surface area contributed by atoms with Crippen LogP contribution in [0.3, 0.4) is 0 Å². The zero-order valence-corrected chi connectivity index (χ0v) is 16.5. The second kappa shape index (κ2) is 9.61. The third-order valence-electron chi connectivity index (χ3n) is 6.86. The highest BCUT2D eigenvalue weighted by molar-refractivity contribution is 5.77. The minimum atomic E-state index is 0.0923. The Morgan fingerprint density at radius 2 is 1.65 bits per heavy atom.